The summed E-state index contributed by atoms with van der Waals surface area (Å²) in [5, 5.41) is 3.10. The third-order valence-electron chi connectivity index (χ3n) is 3.42. The first-order chi connectivity index (χ1) is 6.09. The van der Waals surface area contributed by atoms with Crippen molar-refractivity contribution in [3.8, 4) is 0 Å². The Morgan fingerprint density at radius 2 is 2.31 bits per heavy atom. The van der Waals surface area contributed by atoms with E-state index < -0.39 is 0 Å². The first kappa shape index (κ1) is 8.79. The lowest BCUT2D eigenvalue weighted by Gasteiger charge is -2.45. The van der Waals surface area contributed by atoms with Gasteiger partial charge in [0.05, 0.1) is 0 Å². The molecule has 0 aromatic heterocycles. The lowest BCUT2D eigenvalue weighted by atomic mass is 9.67. The summed E-state index contributed by atoms with van der Waals surface area (Å²) >= 11 is 0. The van der Waals surface area contributed by atoms with Crippen LogP contribution < -0.4 is 5.32 Å². The highest BCUT2D eigenvalue weighted by Crippen LogP contribution is 2.40. The van der Waals surface area contributed by atoms with E-state index in [2.05, 4.69) is 19.2 Å². The summed E-state index contributed by atoms with van der Waals surface area (Å²) in [5.41, 5.74) is 1.31. The molecule has 2 rings (SSSR count). The fraction of sp³-hybridized carbons (Fsp3) is 0.727. The Bertz CT molecular complexity index is 265. The van der Waals surface area contributed by atoms with Gasteiger partial charge in [0, 0.05) is 11.6 Å². The summed E-state index contributed by atoms with van der Waals surface area (Å²) < 4.78 is 0. The Morgan fingerprint density at radius 3 is 2.62 bits per heavy atom. The smallest absolute Gasteiger partial charge is 0.247 e. The van der Waals surface area contributed by atoms with Crippen molar-refractivity contribution in [2.24, 2.45) is 5.41 Å². The van der Waals surface area contributed by atoms with Crippen LogP contribution in [0.15, 0.2) is 11.6 Å². The molecule has 1 saturated carbocycles. The Balaban J connectivity index is 1.88. The molecular formula is C11H17NO. The molecule has 0 aromatic carbocycles. The van der Waals surface area contributed by atoms with Crippen LogP contribution in [-0.2, 0) is 4.79 Å². The molecule has 13 heavy (non-hydrogen) atoms. The van der Waals surface area contributed by atoms with Crippen molar-refractivity contribution in [3.63, 3.8) is 0 Å². The topological polar surface area (TPSA) is 29.1 Å². The number of rotatable bonds is 2. The molecule has 1 fully saturated rings. The maximum Gasteiger partial charge on any atom is 0.247 e. The van der Waals surface area contributed by atoms with E-state index in [0.29, 0.717) is 11.5 Å². The molecule has 2 aliphatic carbocycles. The molecule has 2 aliphatic rings. The van der Waals surface area contributed by atoms with Crippen molar-refractivity contribution >= 4 is 5.91 Å². The lowest BCUT2D eigenvalue weighted by molar-refractivity contribution is -0.120. The minimum Gasteiger partial charge on any atom is -0.349 e. The average molecular weight is 179 g/mol. The minimum absolute atomic E-state index is 0.170. The molecule has 1 amide bonds. The van der Waals surface area contributed by atoms with E-state index in [0.717, 1.165) is 24.8 Å². The predicted molar refractivity (Wildman–Crippen MR) is 52.3 cm³/mol. The van der Waals surface area contributed by atoms with Crippen LogP contribution in [0.25, 0.3) is 0 Å². The van der Waals surface area contributed by atoms with Crippen LogP contribution in [0.3, 0.4) is 0 Å². The zero-order valence-electron chi connectivity index (χ0n) is 8.39. The van der Waals surface area contributed by atoms with E-state index in [-0.39, 0.29) is 5.91 Å². The predicted octanol–water partition coefficient (Wildman–Crippen LogP) is 2.01. The zero-order chi connectivity index (χ0) is 9.47. The molecule has 2 nitrogen and oxygen atoms in total. The maximum atomic E-state index is 11.5. The summed E-state index contributed by atoms with van der Waals surface area (Å²) in [6.45, 7) is 4.44. The van der Waals surface area contributed by atoms with Crippen LogP contribution in [0, 0.1) is 5.41 Å². The lowest BCUT2D eigenvalue weighted by Crippen LogP contribution is -2.52. The SMILES string of the molecule is CC1(C)CCC1NC(=O)C1=CCC1. The summed E-state index contributed by atoms with van der Waals surface area (Å²) in [6, 6.07) is 0.404. The number of carbonyl (C=O) groups excluding carboxylic acids is 1. The van der Waals surface area contributed by atoms with Crippen molar-refractivity contribution in [2.45, 2.75) is 45.6 Å². The fourth-order valence-corrected chi connectivity index (χ4v) is 1.88. The summed E-state index contributed by atoms with van der Waals surface area (Å²) in [6.07, 6.45) is 6.46. The molecule has 0 aliphatic heterocycles. The van der Waals surface area contributed by atoms with Crippen molar-refractivity contribution in [3.05, 3.63) is 11.6 Å². The van der Waals surface area contributed by atoms with Crippen LogP contribution >= 0.6 is 0 Å². The number of allylic oxidation sites excluding steroid dienone is 1. The number of hydrogen-bond donors (Lipinski definition) is 1. The summed E-state index contributed by atoms with van der Waals surface area (Å²) in [4.78, 5) is 11.5. The van der Waals surface area contributed by atoms with Crippen LogP contribution in [-0.4, -0.2) is 11.9 Å². The maximum absolute atomic E-state index is 11.5. The van der Waals surface area contributed by atoms with Crippen molar-refractivity contribution in [1.29, 1.82) is 0 Å². The molecule has 2 heteroatoms. The normalized spacial score (nSPS) is 29.7. The molecule has 0 saturated heterocycles. The van der Waals surface area contributed by atoms with E-state index in [4.69, 9.17) is 0 Å². The van der Waals surface area contributed by atoms with Crippen LogP contribution in [0.4, 0.5) is 0 Å². The average Bonchev–Trinajstić information content (AvgIpc) is 1.95. The summed E-state index contributed by atoms with van der Waals surface area (Å²) in [7, 11) is 0. The van der Waals surface area contributed by atoms with Crippen molar-refractivity contribution in [2.75, 3.05) is 0 Å². The molecule has 1 N–H and O–H groups in total. The molecule has 1 unspecified atom stereocenters. The third kappa shape index (κ3) is 1.50. The van der Waals surface area contributed by atoms with Crippen LogP contribution in [0.2, 0.25) is 0 Å². The molecule has 0 heterocycles. The van der Waals surface area contributed by atoms with Gasteiger partial charge in [-0.25, -0.2) is 0 Å². The van der Waals surface area contributed by atoms with Gasteiger partial charge in [-0.15, -0.1) is 0 Å². The zero-order valence-corrected chi connectivity index (χ0v) is 8.39. The van der Waals surface area contributed by atoms with Gasteiger partial charge in [0.1, 0.15) is 0 Å². The molecule has 0 spiro atoms. The third-order valence-corrected chi connectivity index (χ3v) is 3.42. The van der Waals surface area contributed by atoms with Gasteiger partial charge in [0.15, 0.2) is 0 Å². The Kier molecular flexibility index (Phi) is 1.94. The molecular weight excluding hydrogens is 162 g/mol. The standard InChI is InChI=1S/C11H17NO/c1-11(2)7-6-9(11)12-10(13)8-4-3-5-8/h4,9H,3,5-7H2,1-2H3,(H,12,13). The van der Waals surface area contributed by atoms with E-state index in [1.54, 1.807) is 0 Å². The van der Waals surface area contributed by atoms with Gasteiger partial charge in [-0.3, -0.25) is 4.79 Å². The second kappa shape index (κ2) is 2.86. The Morgan fingerprint density at radius 1 is 1.62 bits per heavy atom. The molecule has 0 radical (unpaired) electrons. The van der Waals surface area contributed by atoms with Gasteiger partial charge in [-0.1, -0.05) is 19.9 Å². The van der Waals surface area contributed by atoms with Crippen LogP contribution in [0.1, 0.15) is 39.5 Å². The second-order valence-electron chi connectivity index (χ2n) is 4.82. The first-order valence-corrected chi connectivity index (χ1v) is 5.09. The van der Waals surface area contributed by atoms with E-state index in [9.17, 15) is 4.79 Å². The fourth-order valence-electron chi connectivity index (χ4n) is 1.88. The van der Waals surface area contributed by atoms with Crippen molar-refractivity contribution < 1.29 is 4.79 Å². The molecule has 0 bridgehead atoms. The Labute approximate surface area is 79.4 Å². The highest BCUT2D eigenvalue weighted by molar-refractivity contribution is 5.94. The minimum atomic E-state index is 0.170. The largest absolute Gasteiger partial charge is 0.349 e. The number of hydrogen-bond acceptors (Lipinski definition) is 1. The van der Waals surface area contributed by atoms with E-state index in [1.165, 1.54) is 6.42 Å². The van der Waals surface area contributed by atoms with Gasteiger partial charge >= 0.3 is 0 Å². The van der Waals surface area contributed by atoms with Crippen LogP contribution in [0.5, 0.6) is 0 Å². The second-order valence-corrected chi connectivity index (χ2v) is 4.82. The van der Waals surface area contributed by atoms with Crippen molar-refractivity contribution in [1.82, 2.24) is 5.32 Å². The first-order valence-electron chi connectivity index (χ1n) is 5.09. The van der Waals surface area contributed by atoms with E-state index >= 15 is 0 Å². The van der Waals surface area contributed by atoms with E-state index in [1.807, 2.05) is 6.08 Å². The van der Waals surface area contributed by atoms with Gasteiger partial charge in [-0.05, 0) is 31.1 Å². The highest BCUT2D eigenvalue weighted by atomic mass is 16.1. The van der Waals surface area contributed by atoms with Gasteiger partial charge < -0.3 is 5.32 Å². The number of nitrogens with one attached hydrogen (secondary N) is 1. The number of carbonyl (C=O) groups is 1. The highest BCUT2D eigenvalue weighted by Gasteiger charge is 2.39. The quantitative estimate of drug-likeness (QED) is 0.690. The van der Waals surface area contributed by atoms with Gasteiger partial charge in [0.25, 0.3) is 0 Å². The summed E-state index contributed by atoms with van der Waals surface area (Å²) in [5.74, 6) is 0.170. The van der Waals surface area contributed by atoms with Gasteiger partial charge in [0.2, 0.25) is 5.91 Å². The Hall–Kier alpha value is -0.790. The molecule has 1 atom stereocenters. The monoisotopic (exact) mass is 179 g/mol. The van der Waals surface area contributed by atoms with Gasteiger partial charge in [-0.2, -0.15) is 0 Å². The molecule has 0 aromatic rings. The molecule has 72 valence electrons. The number of amides is 1.